The van der Waals surface area contributed by atoms with Gasteiger partial charge in [-0.05, 0) is 78.8 Å². The van der Waals surface area contributed by atoms with Crippen LogP contribution in [-0.2, 0) is 35.5 Å². The van der Waals surface area contributed by atoms with Crippen LogP contribution in [0, 0.1) is 29.1 Å². The van der Waals surface area contributed by atoms with Gasteiger partial charge < -0.3 is 0 Å². The molecule has 0 N–H and O–H groups in total. The minimum absolute atomic E-state index is 0.000625. The predicted octanol–water partition coefficient (Wildman–Crippen LogP) is 4.85. The number of ketones is 2. The van der Waals surface area contributed by atoms with Crippen LogP contribution in [0.4, 0.5) is 0 Å². The lowest BCUT2D eigenvalue weighted by Crippen LogP contribution is -2.40. The fourth-order valence-corrected chi connectivity index (χ4v) is 5.49. The zero-order valence-corrected chi connectivity index (χ0v) is 22.9. The van der Waals surface area contributed by atoms with E-state index in [1.165, 1.54) is 4.57 Å². The molecule has 5 rings (SSSR count). The van der Waals surface area contributed by atoms with Crippen LogP contribution in [0.25, 0.3) is 10.9 Å². The van der Waals surface area contributed by atoms with Gasteiger partial charge in [0.05, 0.1) is 21.5 Å². The fraction of sp³-hybridized carbons (Fsp3) is 0.452. The maximum atomic E-state index is 13.3. The van der Waals surface area contributed by atoms with Crippen molar-refractivity contribution in [2.24, 2.45) is 17.8 Å². The van der Waals surface area contributed by atoms with Crippen molar-refractivity contribution in [3.8, 4) is 6.07 Å². The third kappa shape index (κ3) is 6.57. The minimum Gasteiger partial charge on any atom is -0.299 e. The van der Waals surface area contributed by atoms with E-state index in [4.69, 9.17) is 16.9 Å². The topological polar surface area (TPSA) is 102 Å². The number of hydrogen-bond acceptors (Lipinski definition) is 5. The Hall–Kier alpha value is -3.50. The van der Waals surface area contributed by atoms with E-state index in [-0.39, 0.29) is 54.4 Å². The van der Waals surface area contributed by atoms with E-state index >= 15 is 0 Å². The molecule has 39 heavy (non-hydrogen) atoms. The summed E-state index contributed by atoms with van der Waals surface area (Å²) in [4.78, 5) is 52.0. The molecular formula is C31H32ClN3O4. The number of benzene rings is 2. The zero-order chi connectivity index (χ0) is 27.7. The van der Waals surface area contributed by atoms with Gasteiger partial charge in [0.2, 0.25) is 0 Å². The first kappa shape index (κ1) is 27.1. The Morgan fingerprint density at radius 3 is 2.05 bits per heavy atom. The molecule has 2 saturated carbocycles. The van der Waals surface area contributed by atoms with Crippen molar-refractivity contribution < 1.29 is 9.59 Å². The van der Waals surface area contributed by atoms with Gasteiger partial charge >= 0.3 is 5.69 Å². The van der Waals surface area contributed by atoms with E-state index in [2.05, 4.69) is 0 Å². The van der Waals surface area contributed by atoms with Crippen LogP contribution in [0.5, 0.6) is 0 Å². The molecule has 1 unspecified atom stereocenters. The smallest absolute Gasteiger partial charge is 0.299 e. The van der Waals surface area contributed by atoms with Crippen LogP contribution >= 0.6 is 11.6 Å². The first-order chi connectivity index (χ1) is 18.7. The molecule has 0 radical (unpaired) electrons. The average molecular weight is 546 g/mol. The highest BCUT2D eigenvalue weighted by molar-refractivity contribution is 6.31. The highest BCUT2D eigenvalue weighted by Gasteiger charge is 2.27. The maximum Gasteiger partial charge on any atom is 0.331 e. The number of hydrogen-bond donors (Lipinski definition) is 0. The van der Waals surface area contributed by atoms with Crippen LogP contribution < -0.4 is 11.2 Å². The summed E-state index contributed by atoms with van der Waals surface area (Å²) < 4.78 is 3.14. The van der Waals surface area contributed by atoms with E-state index < -0.39 is 0 Å². The lowest BCUT2D eigenvalue weighted by Gasteiger charge is -2.15. The zero-order valence-electron chi connectivity index (χ0n) is 22.1. The second-order valence-corrected chi connectivity index (χ2v) is 11.8. The van der Waals surface area contributed by atoms with Gasteiger partial charge in [-0.15, -0.1) is 0 Å². The van der Waals surface area contributed by atoms with Crippen molar-refractivity contribution in [3.05, 3.63) is 78.9 Å². The first-order valence-corrected chi connectivity index (χ1v) is 14.1. The lowest BCUT2D eigenvalue weighted by atomic mass is 9.93. The molecule has 0 saturated heterocycles. The Balaban J connectivity index is 1.26. The third-order valence-corrected chi connectivity index (χ3v) is 7.99. The second kappa shape index (κ2) is 11.3. The summed E-state index contributed by atoms with van der Waals surface area (Å²) in [5.41, 5.74) is 1.99. The highest BCUT2D eigenvalue weighted by atomic mass is 35.5. The van der Waals surface area contributed by atoms with Gasteiger partial charge in [0, 0.05) is 38.8 Å². The summed E-state index contributed by atoms with van der Waals surface area (Å²) in [5.74, 6) is 0.758. The largest absolute Gasteiger partial charge is 0.331 e. The SMILES string of the molecule is CC(CC(=O)Cc1ccc(C#N)c(Cl)c1)CC(=O)Cc1ccc2c(c1)c(=O)n(CC1CC1)c(=O)n2CC1CC1. The van der Waals surface area contributed by atoms with Gasteiger partial charge in [-0.3, -0.25) is 23.5 Å². The average Bonchev–Trinajstić information content (AvgIpc) is 3.81. The van der Waals surface area contributed by atoms with Gasteiger partial charge in [-0.2, -0.15) is 5.26 Å². The summed E-state index contributed by atoms with van der Waals surface area (Å²) in [7, 11) is 0. The molecule has 1 heterocycles. The van der Waals surface area contributed by atoms with Crippen LogP contribution in [0.15, 0.2) is 46.0 Å². The Morgan fingerprint density at radius 1 is 0.923 bits per heavy atom. The van der Waals surface area contributed by atoms with Crippen LogP contribution in [0.1, 0.15) is 62.1 Å². The molecule has 0 amide bonds. The summed E-state index contributed by atoms with van der Waals surface area (Å²) in [5, 5.41) is 9.82. The molecule has 3 aromatic rings. The van der Waals surface area contributed by atoms with Crippen molar-refractivity contribution in [1.82, 2.24) is 9.13 Å². The number of rotatable bonds is 12. The molecule has 7 nitrogen and oxygen atoms in total. The number of carbonyl (C=O) groups excluding carboxylic acids is 2. The molecule has 2 aliphatic rings. The molecule has 2 fully saturated rings. The predicted molar refractivity (Wildman–Crippen MR) is 150 cm³/mol. The first-order valence-electron chi connectivity index (χ1n) is 13.7. The standard InChI is InChI=1S/C31H32ClN3O4/c1-19(11-26(37)13-23-6-8-24(16-33)28(32)15-23)10-25(36)12-22-7-9-29-27(14-22)30(38)35(18-21-4-5-21)31(39)34(29)17-20-2-3-20/h6-9,14-15,19-21H,2-5,10-13,17-18H2,1H3. The molecule has 2 aliphatic carbocycles. The van der Waals surface area contributed by atoms with Crippen LogP contribution in [0.2, 0.25) is 5.02 Å². The minimum atomic E-state index is -0.273. The number of fused-ring (bicyclic) bond motifs is 1. The number of aromatic nitrogens is 2. The van der Waals surface area contributed by atoms with E-state index in [9.17, 15) is 19.2 Å². The molecule has 1 atom stereocenters. The molecule has 0 bridgehead atoms. The van der Waals surface area contributed by atoms with E-state index in [0.29, 0.717) is 46.4 Å². The summed E-state index contributed by atoms with van der Waals surface area (Å²) in [6.07, 6.45) is 5.18. The number of nitriles is 1. The van der Waals surface area contributed by atoms with Gasteiger partial charge in [0.1, 0.15) is 17.6 Å². The molecule has 8 heteroatoms. The van der Waals surface area contributed by atoms with Crippen molar-refractivity contribution in [2.75, 3.05) is 0 Å². The molecule has 0 spiro atoms. The Kier molecular flexibility index (Phi) is 7.86. The van der Waals surface area contributed by atoms with Crippen molar-refractivity contribution in [2.45, 2.75) is 71.4 Å². The summed E-state index contributed by atoms with van der Waals surface area (Å²) in [6, 6.07) is 12.4. The Morgan fingerprint density at radius 2 is 1.49 bits per heavy atom. The van der Waals surface area contributed by atoms with Gasteiger partial charge in [0.15, 0.2) is 0 Å². The van der Waals surface area contributed by atoms with Gasteiger partial charge in [-0.25, -0.2) is 4.79 Å². The normalized spacial score (nSPS) is 15.7. The van der Waals surface area contributed by atoms with E-state index in [0.717, 1.165) is 36.8 Å². The maximum absolute atomic E-state index is 13.3. The summed E-state index contributed by atoms with van der Waals surface area (Å²) in [6.45, 7) is 2.97. The van der Waals surface area contributed by atoms with E-state index in [1.807, 2.05) is 19.1 Å². The van der Waals surface area contributed by atoms with E-state index in [1.54, 1.807) is 34.9 Å². The monoisotopic (exact) mass is 545 g/mol. The van der Waals surface area contributed by atoms with Crippen LogP contribution in [-0.4, -0.2) is 20.7 Å². The molecular weight excluding hydrogens is 514 g/mol. The van der Waals surface area contributed by atoms with Crippen molar-refractivity contribution >= 4 is 34.1 Å². The van der Waals surface area contributed by atoms with Crippen LogP contribution in [0.3, 0.4) is 0 Å². The number of halogens is 1. The molecule has 0 aliphatic heterocycles. The van der Waals surface area contributed by atoms with Gasteiger partial charge in [0.25, 0.3) is 5.56 Å². The van der Waals surface area contributed by atoms with Crippen molar-refractivity contribution in [3.63, 3.8) is 0 Å². The Bertz CT molecular complexity index is 1610. The quantitative estimate of drug-likeness (QED) is 0.324. The molecule has 1 aromatic heterocycles. The third-order valence-electron chi connectivity index (χ3n) is 7.67. The second-order valence-electron chi connectivity index (χ2n) is 11.4. The van der Waals surface area contributed by atoms with Gasteiger partial charge in [-0.1, -0.05) is 30.7 Å². The number of nitrogens with zero attached hydrogens (tertiary/aromatic N) is 3. The number of Topliss-reactive ketones (excluding diaryl/α,β-unsaturated/α-hetero) is 2. The lowest BCUT2D eigenvalue weighted by molar-refractivity contribution is -0.121. The summed E-state index contributed by atoms with van der Waals surface area (Å²) >= 11 is 6.07. The fourth-order valence-electron chi connectivity index (χ4n) is 5.24. The highest BCUT2D eigenvalue weighted by Crippen LogP contribution is 2.32. The molecule has 2 aromatic carbocycles. The Labute approximate surface area is 232 Å². The molecule has 202 valence electrons. The number of carbonyl (C=O) groups is 2. The van der Waals surface area contributed by atoms with Crippen molar-refractivity contribution in [1.29, 1.82) is 5.26 Å².